The Labute approximate surface area is 122 Å². The number of allylic oxidation sites excluding steroid dienone is 4. The second-order valence-electron chi connectivity index (χ2n) is 5.50. The first-order valence-electron chi connectivity index (χ1n) is 6.35. The number of thioether (sulfide) groups is 1. The lowest BCUT2D eigenvalue weighted by molar-refractivity contribution is 0.120. The van der Waals surface area contributed by atoms with Gasteiger partial charge in [0.15, 0.2) is 0 Å². The Morgan fingerprint density at radius 1 is 1.63 bits per heavy atom. The van der Waals surface area contributed by atoms with Crippen molar-refractivity contribution in [1.82, 2.24) is 5.32 Å². The van der Waals surface area contributed by atoms with Gasteiger partial charge in [0.25, 0.3) is 0 Å². The van der Waals surface area contributed by atoms with E-state index < -0.39 is 11.0 Å². The first kappa shape index (κ1) is 14.9. The largest absolute Gasteiger partial charge is 0.383 e. The fourth-order valence-corrected chi connectivity index (χ4v) is 3.28. The summed E-state index contributed by atoms with van der Waals surface area (Å²) < 4.78 is 13.7. The predicted octanol–water partition coefficient (Wildman–Crippen LogP) is 3.69. The van der Waals surface area contributed by atoms with Crippen LogP contribution in [0.3, 0.4) is 0 Å². The van der Waals surface area contributed by atoms with E-state index in [0.29, 0.717) is 5.75 Å². The number of halogens is 2. The molecule has 0 bridgehead atoms. The molecule has 0 spiro atoms. The minimum Gasteiger partial charge on any atom is -0.383 e. The minimum absolute atomic E-state index is 0.150. The molecule has 19 heavy (non-hydrogen) atoms. The third-order valence-corrected chi connectivity index (χ3v) is 5.06. The fraction of sp³-hybridized carbons (Fsp3) is 0.571. The van der Waals surface area contributed by atoms with Gasteiger partial charge in [0.2, 0.25) is 0 Å². The van der Waals surface area contributed by atoms with E-state index in [0.717, 1.165) is 17.1 Å². The highest BCUT2D eigenvalue weighted by molar-refractivity contribution is 7.99. The van der Waals surface area contributed by atoms with Crippen LogP contribution in [0, 0.1) is 5.41 Å². The van der Waals surface area contributed by atoms with E-state index in [1.807, 2.05) is 13.0 Å². The maximum absolute atomic E-state index is 13.7. The van der Waals surface area contributed by atoms with E-state index >= 15 is 0 Å². The zero-order chi connectivity index (χ0) is 14.3. The number of rotatable bonds is 4. The van der Waals surface area contributed by atoms with E-state index in [1.165, 1.54) is 0 Å². The molecular weight excluding hydrogens is 285 g/mol. The van der Waals surface area contributed by atoms with Crippen molar-refractivity contribution in [1.29, 1.82) is 0 Å². The molecule has 1 aliphatic carbocycles. The summed E-state index contributed by atoms with van der Waals surface area (Å²) in [4.78, 5) is 0. The van der Waals surface area contributed by atoms with Gasteiger partial charge in [-0.25, -0.2) is 4.39 Å². The molecule has 106 valence electrons. The lowest BCUT2D eigenvalue weighted by Gasteiger charge is -2.27. The van der Waals surface area contributed by atoms with E-state index in [2.05, 4.69) is 12.2 Å². The van der Waals surface area contributed by atoms with Crippen molar-refractivity contribution < 1.29 is 9.50 Å². The molecule has 0 aromatic carbocycles. The highest BCUT2D eigenvalue weighted by Gasteiger charge is 2.42. The Bertz CT molecular complexity index is 484. The SMILES string of the molecule is CCSCC(C)(O)C1=CC2(C)CC(F)=C(Cl)C=C2N1. The molecule has 2 N–H and O–H groups in total. The topological polar surface area (TPSA) is 32.3 Å². The summed E-state index contributed by atoms with van der Waals surface area (Å²) in [6.07, 6.45) is 3.79. The average Bonchev–Trinajstić information content (AvgIpc) is 2.65. The molecule has 2 atom stereocenters. The summed E-state index contributed by atoms with van der Waals surface area (Å²) in [6, 6.07) is 0. The minimum atomic E-state index is -0.940. The van der Waals surface area contributed by atoms with Crippen molar-refractivity contribution in [3.63, 3.8) is 0 Å². The highest BCUT2D eigenvalue weighted by Crippen LogP contribution is 2.46. The molecule has 2 unspecified atom stereocenters. The molecule has 0 aromatic heterocycles. The second kappa shape index (κ2) is 5.15. The van der Waals surface area contributed by atoms with Gasteiger partial charge in [-0.05, 0) is 24.8 Å². The molecule has 1 heterocycles. The number of fused-ring (bicyclic) bond motifs is 1. The molecule has 0 aromatic rings. The van der Waals surface area contributed by atoms with E-state index in [1.54, 1.807) is 24.8 Å². The summed E-state index contributed by atoms with van der Waals surface area (Å²) in [6.45, 7) is 5.78. The Morgan fingerprint density at radius 2 is 2.32 bits per heavy atom. The zero-order valence-corrected chi connectivity index (χ0v) is 13.0. The van der Waals surface area contributed by atoms with Crippen LogP contribution in [0.5, 0.6) is 0 Å². The van der Waals surface area contributed by atoms with Crippen LogP contribution in [0.25, 0.3) is 0 Å². The van der Waals surface area contributed by atoms with Crippen LogP contribution in [0.2, 0.25) is 0 Å². The Morgan fingerprint density at radius 3 is 2.95 bits per heavy atom. The molecule has 2 rings (SSSR count). The van der Waals surface area contributed by atoms with Crippen LogP contribution >= 0.6 is 23.4 Å². The fourth-order valence-electron chi connectivity index (χ4n) is 2.35. The maximum atomic E-state index is 13.7. The Hall–Kier alpha value is -0.450. The Balaban J connectivity index is 2.24. The van der Waals surface area contributed by atoms with Gasteiger partial charge >= 0.3 is 0 Å². The first-order valence-corrected chi connectivity index (χ1v) is 7.88. The molecule has 0 saturated carbocycles. The first-order chi connectivity index (χ1) is 8.78. The maximum Gasteiger partial charge on any atom is 0.120 e. The van der Waals surface area contributed by atoms with Gasteiger partial charge in [-0.15, -0.1) is 0 Å². The molecule has 5 heteroatoms. The van der Waals surface area contributed by atoms with Gasteiger partial charge in [-0.1, -0.05) is 25.4 Å². The summed E-state index contributed by atoms with van der Waals surface area (Å²) in [5, 5.41) is 13.9. The standard InChI is InChI=1S/C14H19ClFNOS/c1-4-19-8-14(3,18)12-7-13(2)6-10(16)9(15)5-11(13)17-12/h5,7,17-18H,4,6,8H2,1-3H3. The highest BCUT2D eigenvalue weighted by atomic mass is 35.5. The molecule has 1 aliphatic heterocycles. The number of nitrogens with one attached hydrogen (secondary N) is 1. The van der Waals surface area contributed by atoms with Crippen LogP contribution < -0.4 is 5.32 Å². The quantitative estimate of drug-likeness (QED) is 0.831. The molecule has 0 radical (unpaired) electrons. The van der Waals surface area contributed by atoms with Crippen molar-refractivity contribution in [2.24, 2.45) is 5.41 Å². The second-order valence-corrected chi connectivity index (χ2v) is 7.18. The smallest absolute Gasteiger partial charge is 0.120 e. The lowest BCUT2D eigenvalue weighted by atomic mass is 9.81. The van der Waals surface area contributed by atoms with Crippen LogP contribution in [-0.4, -0.2) is 22.2 Å². The monoisotopic (exact) mass is 303 g/mol. The molecule has 0 saturated heterocycles. The molecular formula is C14H19ClFNOS. The van der Waals surface area contributed by atoms with Crippen LogP contribution in [0.4, 0.5) is 4.39 Å². The normalized spacial score (nSPS) is 29.4. The van der Waals surface area contributed by atoms with Crippen LogP contribution in [0.1, 0.15) is 27.2 Å². The van der Waals surface area contributed by atoms with Gasteiger partial charge in [0.1, 0.15) is 11.4 Å². The molecule has 2 nitrogen and oxygen atoms in total. The summed E-state index contributed by atoms with van der Waals surface area (Å²) in [7, 11) is 0. The van der Waals surface area contributed by atoms with Crippen molar-refractivity contribution in [2.75, 3.05) is 11.5 Å². The summed E-state index contributed by atoms with van der Waals surface area (Å²) >= 11 is 7.51. The summed E-state index contributed by atoms with van der Waals surface area (Å²) in [5.74, 6) is 1.26. The van der Waals surface area contributed by atoms with Gasteiger partial charge < -0.3 is 10.4 Å². The zero-order valence-electron chi connectivity index (χ0n) is 11.4. The van der Waals surface area contributed by atoms with Crippen LogP contribution in [-0.2, 0) is 0 Å². The summed E-state index contributed by atoms with van der Waals surface area (Å²) in [5.41, 5.74) is 0.223. The molecule has 2 aliphatic rings. The molecule has 0 amide bonds. The lowest BCUT2D eigenvalue weighted by Crippen LogP contribution is -2.35. The Kier molecular flexibility index (Phi) is 4.05. The average molecular weight is 304 g/mol. The van der Waals surface area contributed by atoms with Gasteiger partial charge in [0, 0.05) is 29.0 Å². The predicted molar refractivity (Wildman–Crippen MR) is 79.6 cm³/mol. The van der Waals surface area contributed by atoms with E-state index in [9.17, 15) is 9.50 Å². The van der Waals surface area contributed by atoms with E-state index in [-0.39, 0.29) is 17.3 Å². The van der Waals surface area contributed by atoms with Gasteiger partial charge in [-0.3, -0.25) is 0 Å². The number of hydrogen-bond donors (Lipinski definition) is 2. The third-order valence-electron chi connectivity index (χ3n) is 3.57. The number of aliphatic hydroxyl groups is 1. The van der Waals surface area contributed by atoms with Crippen molar-refractivity contribution >= 4 is 23.4 Å². The van der Waals surface area contributed by atoms with Crippen molar-refractivity contribution in [3.05, 3.63) is 34.4 Å². The third kappa shape index (κ3) is 2.86. The number of hydrogen-bond acceptors (Lipinski definition) is 3. The molecule has 0 fully saturated rings. The van der Waals surface area contributed by atoms with Crippen LogP contribution in [0.15, 0.2) is 34.4 Å². The van der Waals surface area contributed by atoms with Gasteiger partial charge in [-0.2, -0.15) is 11.8 Å². The van der Waals surface area contributed by atoms with Crippen molar-refractivity contribution in [2.45, 2.75) is 32.8 Å². The van der Waals surface area contributed by atoms with Gasteiger partial charge in [0.05, 0.1) is 5.03 Å². The van der Waals surface area contributed by atoms with E-state index in [4.69, 9.17) is 11.6 Å². The van der Waals surface area contributed by atoms with Crippen molar-refractivity contribution in [3.8, 4) is 0 Å².